The van der Waals surface area contributed by atoms with Crippen LogP contribution < -0.4 is 10.1 Å². The second-order valence-corrected chi connectivity index (χ2v) is 4.73. The number of nitrogens with one attached hydrogen (secondary N) is 1. The molecule has 0 radical (unpaired) electrons. The molecule has 2 aromatic rings. The van der Waals surface area contributed by atoms with E-state index in [4.69, 9.17) is 16.3 Å². The molecule has 2 aromatic carbocycles. The second kappa shape index (κ2) is 6.04. The number of rotatable bonds is 4. The second-order valence-electron chi connectivity index (χ2n) is 4.29. The lowest BCUT2D eigenvalue weighted by molar-refractivity contribution is 0.468. The molecule has 0 aliphatic heterocycles. The summed E-state index contributed by atoms with van der Waals surface area (Å²) < 4.78 is 18.9. The van der Waals surface area contributed by atoms with Crippen LogP contribution >= 0.6 is 11.6 Å². The summed E-state index contributed by atoms with van der Waals surface area (Å²) in [6.45, 7) is 2.46. The zero-order valence-corrected chi connectivity index (χ0v) is 11.6. The number of ether oxygens (including phenoxy) is 1. The van der Waals surface area contributed by atoms with Crippen molar-refractivity contribution in [3.05, 3.63) is 58.4 Å². The molecule has 0 unspecified atom stereocenters. The van der Waals surface area contributed by atoms with Crippen LogP contribution in [-0.2, 0) is 6.54 Å². The van der Waals surface area contributed by atoms with Crippen molar-refractivity contribution in [2.75, 3.05) is 7.05 Å². The van der Waals surface area contributed by atoms with Gasteiger partial charge in [-0.15, -0.1) is 0 Å². The van der Waals surface area contributed by atoms with Crippen LogP contribution in [0.1, 0.15) is 11.1 Å². The number of benzene rings is 2. The third-order valence-electron chi connectivity index (χ3n) is 2.75. The Labute approximate surface area is 117 Å². The summed E-state index contributed by atoms with van der Waals surface area (Å²) in [6.07, 6.45) is 0. The fraction of sp³-hybridized carbons (Fsp3) is 0.200. The molecule has 0 atom stereocenters. The number of aryl methyl sites for hydroxylation is 1. The minimum absolute atomic E-state index is 0.267. The molecule has 0 aliphatic carbocycles. The molecule has 0 bridgehead atoms. The average molecular weight is 280 g/mol. The highest BCUT2D eigenvalue weighted by Crippen LogP contribution is 2.30. The van der Waals surface area contributed by atoms with E-state index in [1.54, 1.807) is 12.1 Å². The Morgan fingerprint density at radius 1 is 1.16 bits per heavy atom. The lowest BCUT2D eigenvalue weighted by Crippen LogP contribution is -2.06. The van der Waals surface area contributed by atoms with Crippen molar-refractivity contribution in [3.63, 3.8) is 0 Å². The summed E-state index contributed by atoms with van der Waals surface area (Å²) in [4.78, 5) is 0. The first-order valence-corrected chi connectivity index (χ1v) is 6.35. The highest BCUT2D eigenvalue weighted by molar-refractivity contribution is 6.30. The summed E-state index contributed by atoms with van der Waals surface area (Å²) in [6, 6.07) is 9.90. The van der Waals surface area contributed by atoms with Crippen LogP contribution in [0.25, 0.3) is 0 Å². The molecule has 2 nitrogen and oxygen atoms in total. The van der Waals surface area contributed by atoms with Gasteiger partial charge in [-0.1, -0.05) is 11.6 Å². The van der Waals surface area contributed by atoms with Gasteiger partial charge in [0.2, 0.25) is 0 Å². The zero-order valence-electron chi connectivity index (χ0n) is 10.8. The topological polar surface area (TPSA) is 21.3 Å². The highest BCUT2D eigenvalue weighted by atomic mass is 35.5. The van der Waals surface area contributed by atoms with E-state index in [1.165, 1.54) is 12.1 Å². The van der Waals surface area contributed by atoms with Crippen molar-refractivity contribution in [2.24, 2.45) is 0 Å². The SMILES string of the molecule is CNCc1cc(Cl)ccc1Oc1ccc(F)cc1C. The maximum Gasteiger partial charge on any atom is 0.132 e. The third kappa shape index (κ3) is 3.46. The van der Waals surface area contributed by atoms with Gasteiger partial charge in [0, 0.05) is 17.1 Å². The molecule has 19 heavy (non-hydrogen) atoms. The first kappa shape index (κ1) is 13.8. The molecular formula is C15H15ClFNO. The van der Waals surface area contributed by atoms with E-state index in [-0.39, 0.29) is 5.82 Å². The number of halogens is 2. The lowest BCUT2D eigenvalue weighted by atomic mass is 10.2. The first-order valence-electron chi connectivity index (χ1n) is 5.97. The molecule has 0 aromatic heterocycles. The van der Waals surface area contributed by atoms with Crippen LogP contribution in [0.4, 0.5) is 4.39 Å². The molecule has 0 saturated heterocycles. The van der Waals surface area contributed by atoms with Crippen molar-refractivity contribution in [1.29, 1.82) is 0 Å². The van der Waals surface area contributed by atoms with Gasteiger partial charge in [0.1, 0.15) is 17.3 Å². The highest BCUT2D eigenvalue weighted by Gasteiger charge is 2.08. The molecule has 0 heterocycles. The Balaban J connectivity index is 2.32. The Hall–Kier alpha value is -1.58. The Kier molecular flexibility index (Phi) is 4.40. The van der Waals surface area contributed by atoms with Crippen LogP contribution in [0.15, 0.2) is 36.4 Å². The largest absolute Gasteiger partial charge is 0.457 e. The summed E-state index contributed by atoms with van der Waals surface area (Å²) >= 11 is 5.97. The van der Waals surface area contributed by atoms with Gasteiger partial charge in [0.25, 0.3) is 0 Å². The van der Waals surface area contributed by atoms with Gasteiger partial charge in [-0.05, 0) is 55.9 Å². The fourth-order valence-corrected chi connectivity index (χ4v) is 2.02. The molecule has 0 fully saturated rings. The van der Waals surface area contributed by atoms with Gasteiger partial charge >= 0.3 is 0 Å². The normalized spacial score (nSPS) is 10.5. The van der Waals surface area contributed by atoms with Crippen LogP contribution in [0.2, 0.25) is 5.02 Å². The molecule has 0 aliphatic rings. The smallest absolute Gasteiger partial charge is 0.132 e. The fourth-order valence-electron chi connectivity index (χ4n) is 1.82. The minimum Gasteiger partial charge on any atom is -0.457 e. The molecular weight excluding hydrogens is 265 g/mol. The molecule has 1 N–H and O–H groups in total. The summed E-state index contributed by atoms with van der Waals surface area (Å²) in [5.74, 6) is 1.09. The van der Waals surface area contributed by atoms with Crippen LogP contribution in [0.3, 0.4) is 0 Å². The molecule has 2 rings (SSSR count). The van der Waals surface area contributed by atoms with Gasteiger partial charge in [-0.2, -0.15) is 0 Å². The van der Waals surface area contributed by atoms with Crippen molar-refractivity contribution in [2.45, 2.75) is 13.5 Å². The van der Waals surface area contributed by atoms with Gasteiger partial charge in [-0.25, -0.2) is 4.39 Å². The summed E-state index contributed by atoms with van der Waals surface area (Å²) in [7, 11) is 1.85. The Morgan fingerprint density at radius 3 is 2.58 bits per heavy atom. The van der Waals surface area contributed by atoms with E-state index >= 15 is 0 Å². The van der Waals surface area contributed by atoms with Crippen LogP contribution in [0.5, 0.6) is 11.5 Å². The van der Waals surface area contributed by atoms with Gasteiger partial charge in [0.15, 0.2) is 0 Å². The van der Waals surface area contributed by atoms with Crippen molar-refractivity contribution >= 4 is 11.6 Å². The maximum atomic E-state index is 13.1. The monoisotopic (exact) mass is 279 g/mol. The quantitative estimate of drug-likeness (QED) is 0.901. The Bertz CT molecular complexity index is 586. The van der Waals surface area contributed by atoms with Crippen molar-refractivity contribution in [3.8, 4) is 11.5 Å². The van der Waals surface area contributed by atoms with Gasteiger partial charge in [0.05, 0.1) is 0 Å². The van der Waals surface area contributed by atoms with Crippen molar-refractivity contribution in [1.82, 2.24) is 5.32 Å². The van der Waals surface area contributed by atoms with E-state index < -0.39 is 0 Å². The van der Waals surface area contributed by atoms with Crippen LogP contribution in [0, 0.1) is 12.7 Å². The summed E-state index contributed by atoms with van der Waals surface area (Å²) in [5, 5.41) is 3.72. The van der Waals surface area contributed by atoms with E-state index in [1.807, 2.05) is 26.1 Å². The molecule has 4 heteroatoms. The predicted molar refractivity (Wildman–Crippen MR) is 75.4 cm³/mol. The lowest BCUT2D eigenvalue weighted by Gasteiger charge is -2.13. The maximum absolute atomic E-state index is 13.1. The van der Waals surface area contributed by atoms with E-state index in [9.17, 15) is 4.39 Å². The van der Waals surface area contributed by atoms with Gasteiger partial charge in [-0.3, -0.25) is 0 Å². The van der Waals surface area contributed by atoms with E-state index in [0.717, 1.165) is 11.1 Å². The first-order chi connectivity index (χ1) is 9.10. The minimum atomic E-state index is -0.267. The Morgan fingerprint density at radius 2 is 1.89 bits per heavy atom. The number of hydrogen-bond donors (Lipinski definition) is 1. The number of hydrogen-bond acceptors (Lipinski definition) is 2. The van der Waals surface area contributed by atoms with Gasteiger partial charge < -0.3 is 10.1 Å². The zero-order chi connectivity index (χ0) is 13.8. The van der Waals surface area contributed by atoms with Crippen molar-refractivity contribution < 1.29 is 9.13 Å². The standard InChI is InChI=1S/C15H15ClFNO/c1-10-7-13(17)4-6-14(10)19-15-5-3-12(16)8-11(15)9-18-2/h3-8,18H,9H2,1-2H3. The third-order valence-corrected chi connectivity index (χ3v) is 2.98. The average Bonchev–Trinajstić information content (AvgIpc) is 2.36. The van der Waals surface area contributed by atoms with E-state index in [0.29, 0.717) is 23.1 Å². The molecule has 100 valence electrons. The molecule has 0 saturated carbocycles. The predicted octanol–water partition coefficient (Wildman–Crippen LogP) is 4.30. The molecule has 0 amide bonds. The summed E-state index contributed by atoms with van der Waals surface area (Å²) in [5.41, 5.74) is 1.71. The molecule has 0 spiro atoms. The van der Waals surface area contributed by atoms with E-state index in [2.05, 4.69) is 5.32 Å². The van der Waals surface area contributed by atoms with Crippen LogP contribution in [-0.4, -0.2) is 7.05 Å².